The highest BCUT2D eigenvalue weighted by molar-refractivity contribution is 6.33. The van der Waals surface area contributed by atoms with Crippen molar-refractivity contribution in [3.63, 3.8) is 0 Å². The number of nitrogens with zero attached hydrogens (tertiary/aromatic N) is 2. The molecule has 1 aliphatic rings. The number of anilines is 4. The van der Waals surface area contributed by atoms with E-state index >= 15 is 0 Å². The van der Waals surface area contributed by atoms with Gasteiger partial charge in [0.05, 0.1) is 17.3 Å². The van der Waals surface area contributed by atoms with Crippen LogP contribution in [0.1, 0.15) is 11.1 Å². The average molecular weight is 493 g/mol. The molecule has 10 heteroatoms. The van der Waals surface area contributed by atoms with Gasteiger partial charge in [0.25, 0.3) is 0 Å². The van der Waals surface area contributed by atoms with Crippen molar-refractivity contribution < 1.29 is 22.6 Å². The first-order chi connectivity index (χ1) is 16.3. The van der Waals surface area contributed by atoms with Gasteiger partial charge >= 0.3 is 6.36 Å². The van der Waals surface area contributed by atoms with Crippen LogP contribution in [0.3, 0.4) is 0 Å². The van der Waals surface area contributed by atoms with Crippen LogP contribution in [0.2, 0.25) is 5.02 Å². The Labute approximate surface area is 200 Å². The number of alkyl halides is 3. The van der Waals surface area contributed by atoms with E-state index in [9.17, 15) is 13.2 Å². The predicted molar refractivity (Wildman–Crippen MR) is 127 cm³/mol. The third-order valence-electron chi connectivity index (χ3n) is 5.37. The van der Waals surface area contributed by atoms with Crippen molar-refractivity contribution in [2.24, 2.45) is 0 Å². The molecule has 6 nitrogen and oxygen atoms in total. The number of fused-ring (bicyclic) bond motifs is 1. The highest BCUT2D eigenvalue weighted by Crippen LogP contribution is 2.34. The zero-order valence-electron chi connectivity index (χ0n) is 18.5. The minimum atomic E-state index is -4.73. The molecule has 4 rings (SSSR count). The van der Waals surface area contributed by atoms with Gasteiger partial charge < -0.3 is 25.0 Å². The zero-order chi connectivity index (χ0) is 24.1. The van der Waals surface area contributed by atoms with Gasteiger partial charge in [0, 0.05) is 38.0 Å². The molecule has 0 unspecified atom stereocenters. The van der Waals surface area contributed by atoms with Gasteiger partial charge in [-0.25, -0.2) is 4.98 Å². The first-order valence-corrected chi connectivity index (χ1v) is 11.1. The maximum Gasteiger partial charge on any atom is 0.573 e. The summed E-state index contributed by atoms with van der Waals surface area (Å²) in [5, 5.41) is 7.20. The van der Waals surface area contributed by atoms with Crippen LogP contribution >= 0.6 is 11.6 Å². The maximum atomic E-state index is 12.5. The number of aromatic nitrogens is 1. The number of hydrogen-bond donors (Lipinski definition) is 2. The molecule has 0 atom stereocenters. The Balaban J connectivity index is 1.60. The summed E-state index contributed by atoms with van der Waals surface area (Å²) in [6.07, 6.45) is -4.01. The number of rotatable bonds is 8. The van der Waals surface area contributed by atoms with E-state index in [4.69, 9.17) is 21.3 Å². The quantitative estimate of drug-likeness (QED) is 0.376. The largest absolute Gasteiger partial charge is 0.573 e. The summed E-state index contributed by atoms with van der Waals surface area (Å²) < 4.78 is 46.4. The molecule has 2 N–H and O–H groups in total. The van der Waals surface area contributed by atoms with Crippen molar-refractivity contribution >= 4 is 34.6 Å². The lowest BCUT2D eigenvalue weighted by Gasteiger charge is -2.32. The molecule has 2 aromatic carbocycles. The summed E-state index contributed by atoms with van der Waals surface area (Å²) in [5.74, 6) is 1.05. The number of methoxy groups -OCH3 is 1. The van der Waals surface area contributed by atoms with Crippen molar-refractivity contribution in [2.75, 3.05) is 42.3 Å². The molecule has 0 amide bonds. The fourth-order valence-corrected chi connectivity index (χ4v) is 4.10. The molecule has 34 heavy (non-hydrogen) atoms. The Hall–Kier alpha value is -3.17. The van der Waals surface area contributed by atoms with Gasteiger partial charge in [-0.2, -0.15) is 0 Å². The van der Waals surface area contributed by atoms with Crippen LogP contribution in [0.25, 0.3) is 0 Å². The zero-order valence-corrected chi connectivity index (χ0v) is 19.2. The molecule has 180 valence electrons. The minimum absolute atomic E-state index is 0.279. The van der Waals surface area contributed by atoms with E-state index < -0.39 is 6.36 Å². The van der Waals surface area contributed by atoms with Crippen molar-refractivity contribution in [3.8, 4) is 5.75 Å². The SMILES string of the molecule is COCCNc1cc2c(c(Nc3ccc(OC(F)(F)F)cc3)n1)CCN(c1ccccc1Cl)C2. The molecule has 0 bridgehead atoms. The second-order valence-corrected chi connectivity index (χ2v) is 8.14. The van der Waals surface area contributed by atoms with Crippen LogP contribution in [0.15, 0.2) is 54.6 Å². The third-order valence-corrected chi connectivity index (χ3v) is 5.69. The molecule has 2 heterocycles. The van der Waals surface area contributed by atoms with Gasteiger partial charge in [-0.3, -0.25) is 0 Å². The van der Waals surface area contributed by atoms with Crippen LogP contribution in [0, 0.1) is 0 Å². The lowest BCUT2D eigenvalue weighted by molar-refractivity contribution is -0.274. The average Bonchev–Trinajstić information content (AvgIpc) is 2.79. The van der Waals surface area contributed by atoms with Crippen LogP contribution < -0.4 is 20.3 Å². The number of hydrogen-bond acceptors (Lipinski definition) is 6. The van der Waals surface area contributed by atoms with Crippen molar-refractivity contribution in [3.05, 3.63) is 70.7 Å². The number of pyridine rings is 1. The lowest BCUT2D eigenvalue weighted by Crippen LogP contribution is -2.31. The Morgan fingerprint density at radius 2 is 1.88 bits per heavy atom. The first kappa shape index (κ1) is 24.0. The number of benzene rings is 2. The fraction of sp³-hybridized carbons (Fsp3) is 0.292. The minimum Gasteiger partial charge on any atom is -0.406 e. The summed E-state index contributed by atoms with van der Waals surface area (Å²) in [6.45, 7) is 2.50. The predicted octanol–water partition coefficient (Wildman–Crippen LogP) is 6.00. The van der Waals surface area contributed by atoms with E-state index in [1.54, 1.807) is 7.11 Å². The molecule has 0 saturated heterocycles. The van der Waals surface area contributed by atoms with E-state index in [2.05, 4.69) is 20.3 Å². The van der Waals surface area contributed by atoms with Crippen molar-refractivity contribution in [1.82, 2.24) is 4.98 Å². The normalized spacial score (nSPS) is 13.4. The van der Waals surface area contributed by atoms with E-state index in [-0.39, 0.29) is 5.75 Å². The molecule has 0 fully saturated rings. The Bertz CT molecular complexity index is 1130. The second kappa shape index (κ2) is 10.4. The van der Waals surface area contributed by atoms with Crippen LogP contribution in [-0.2, 0) is 17.7 Å². The molecule has 3 aromatic rings. The van der Waals surface area contributed by atoms with Crippen molar-refractivity contribution in [1.29, 1.82) is 0 Å². The van der Waals surface area contributed by atoms with Crippen LogP contribution in [-0.4, -0.2) is 38.2 Å². The van der Waals surface area contributed by atoms with Gasteiger partial charge in [-0.15, -0.1) is 13.2 Å². The molecule has 0 saturated carbocycles. The number of para-hydroxylation sites is 1. The van der Waals surface area contributed by atoms with E-state index in [1.165, 1.54) is 24.3 Å². The van der Waals surface area contributed by atoms with Crippen molar-refractivity contribution in [2.45, 2.75) is 19.3 Å². The highest BCUT2D eigenvalue weighted by atomic mass is 35.5. The van der Waals surface area contributed by atoms with Gasteiger partial charge in [0.2, 0.25) is 0 Å². The van der Waals surface area contributed by atoms with E-state index in [1.807, 2.05) is 30.3 Å². The first-order valence-electron chi connectivity index (χ1n) is 10.7. The second-order valence-electron chi connectivity index (χ2n) is 7.73. The monoisotopic (exact) mass is 492 g/mol. The molecule has 0 radical (unpaired) electrons. The third kappa shape index (κ3) is 6.03. The molecule has 0 spiro atoms. The smallest absolute Gasteiger partial charge is 0.406 e. The van der Waals surface area contributed by atoms with Crippen LogP contribution in [0.4, 0.5) is 36.2 Å². The van der Waals surface area contributed by atoms with E-state index in [0.29, 0.717) is 42.0 Å². The summed E-state index contributed by atoms with van der Waals surface area (Å²) in [6, 6.07) is 15.3. The molecule has 0 aliphatic carbocycles. The summed E-state index contributed by atoms with van der Waals surface area (Å²) in [4.78, 5) is 6.94. The Kier molecular flexibility index (Phi) is 7.33. The fourth-order valence-electron chi connectivity index (χ4n) is 3.84. The Morgan fingerprint density at radius 3 is 2.59 bits per heavy atom. The molecular formula is C24H24ClF3N4O2. The Morgan fingerprint density at radius 1 is 1.12 bits per heavy atom. The van der Waals surface area contributed by atoms with Gasteiger partial charge in [0.1, 0.15) is 17.4 Å². The van der Waals surface area contributed by atoms with Gasteiger partial charge in [-0.1, -0.05) is 23.7 Å². The van der Waals surface area contributed by atoms with Crippen LogP contribution in [0.5, 0.6) is 5.75 Å². The molecule has 1 aromatic heterocycles. The molecular weight excluding hydrogens is 469 g/mol. The summed E-state index contributed by atoms with van der Waals surface area (Å²) in [7, 11) is 1.63. The number of ether oxygens (including phenoxy) is 2. The van der Waals surface area contributed by atoms with Gasteiger partial charge in [0.15, 0.2) is 0 Å². The number of halogens is 4. The summed E-state index contributed by atoms with van der Waals surface area (Å²) in [5.41, 5.74) is 3.71. The van der Waals surface area contributed by atoms with Gasteiger partial charge in [-0.05, 0) is 54.4 Å². The lowest BCUT2D eigenvalue weighted by atomic mass is 9.99. The number of nitrogens with one attached hydrogen (secondary N) is 2. The summed E-state index contributed by atoms with van der Waals surface area (Å²) >= 11 is 6.42. The maximum absolute atomic E-state index is 12.5. The molecule has 1 aliphatic heterocycles. The standard InChI is InChI=1S/C24H24ClF3N4O2/c1-33-13-11-29-22-14-16-15-32(21-5-3-2-4-20(21)25)12-10-19(16)23(31-22)30-17-6-8-18(9-7-17)34-24(26,27)28/h2-9,14H,10-13,15H2,1H3,(H2,29,30,31). The van der Waals surface area contributed by atoms with E-state index in [0.717, 1.165) is 29.8 Å². The highest BCUT2D eigenvalue weighted by Gasteiger charge is 2.31. The topological polar surface area (TPSA) is 58.6 Å².